The highest BCUT2D eigenvalue weighted by molar-refractivity contribution is 7.85. The molecule has 0 saturated carbocycles. The van der Waals surface area contributed by atoms with Gasteiger partial charge in [-0.05, 0) is 6.92 Å². The molecule has 0 rings (SSSR count). The molecule has 13 heavy (non-hydrogen) atoms. The highest BCUT2D eigenvalue weighted by Crippen LogP contribution is 1.86. The van der Waals surface area contributed by atoms with Crippen LogP contribution < -0.4 is 0 Å². The minimum atomic E-state index is -3.33. The summed E-state index contributed by atoms with van der Waals surface area (Å²) in [6, 6.07) is 0. The van der Waals surface area contributed by atoms with E-state index in [0.717, 1.165) is 6.26 Å². The van der Waals surface area contributed by atoms with Gasteiger partial charge in [-0.25, -0.2) is 0 Å². The van der Waals surface area contributed by atoms with Gasteiger partial charge >= 0.3 is 0 Å². The molecular formula is C7H16O5S. The summed E-state index contributed by atoms with van der Waals surface area (Å²) >= 11 is 0. The summed E-state index contributed by atoms with van der Waals surface area (Å²) < 4.78 is 35.4. The predicted molar refractivity (Wildman–Crippen MR) is 48.1 cm³/mol. The van der Waals surface area contributed by atoms with Crippen molar-refractivity contribution in [2.45, 2.75) is 6.92 Å². The predicted octanol–water partition coefficient (Wildman–Crippen LogP) is 0.0157. The van der Waals surface area contributed by atoms with Gasteiger partial charge in [-0.15, -0.1) is 0 Å². The fourth-order valence-electron chi connectivity index (χ4n) is 0.609. The van der Waals surface area contributed by atoms with Gasteiger partial charge in [-0.2, -0.15) is 8.42 Å². The van der Waals surface area contributed by atoms with Gasteiger partial charge in [0.15, 0.2) is 0 Å². The van der Waals surface area contributed by atoms with Crippen LogP contribution in [0.5, 0.6) is 0 Å². The minimum Gasteiger partial charge on any atom is -0.379 e. The lowest BCUT2D eigenvalue weighted by Crippen LogP contribution is -2.12. The Morgan fingerprint density at radius 2 is 1.54 bits per heavy atom. The highest BCUT2D eigenvalue weighted by atomic mass is 32.2. The Morgan fingerprint density at radius 3 is 2.08 bits per heavy atom. The Balaban J connectivity index is 3.09. The lowest BCUT2D eigenvalue weighted by atomic mass is 10.7. The molecule has 0 aliphatic heterocycles. The summed E-state index contributed by atoms with van der Waals surface area (Å²) in [7, 11) is -3.33. The summed E-state index contributed by atoms with van der Waals surface area (Å²) in [4.78, 5) is 0. The topological polar surface area (TPSA) is 61.8 Å². The average Bonchev–Trinajstić information content (AvgIpc) is 2.01. The second-order valence-electron chi connectivity index (χ2n) is 2.34. The first kappa shape index (κ1) is 12.8. The Hall–Kier alpha value is -0.170. The standard InChI is InChI=1S/C7H16O5S/c1-3-10-4-5-11-6-7-12-13(2,8)9/h3-7H2,1-2H3. The van der Waals surface area contributed by atoms with Crippen LogP contribution in [0.1, 0.15) is 6.92 Å². The van der Waals surface area contributed by atoms with Crippen LogP contribution in [0, 0.1) is 0 Å². The van der Waals surface area contributed by atoms with Gasteiger partial charge in [-0.3, -0.25) is 4.18 Å². The fraction of sp³-hybridized carbons (Fsp3) is 1.00. The zero-order chi connectivity index (χ0) is 10.2. The highest BCUT2D eigenvalue weighted by Gasteiger charge is 1.99. The molecule has 0 fully saturated rings. The van der Waals surface area contributed by atoms with Gasteiger partial charge in [0, 0.05) is 6.61 Å². The van der Waals surface area contributed by atoms with Gasteiger partial charge in [0.05, 0.1) is 32.7 Å². The van der Waals surface area contributed by atoms with E-state index in [2.05, 4.69) is 4.18 Å². The Labute approximate surface area is 79.1 Å². The molecule has 0 atom stereocenters. The van der Waals surface area contributed by atoms with E-state index in [9.17, 15) is 8.42 Å². The van der Waals surface area contributed by atoms with Crippen molar-refractivity contribution in [3.63, 3.8) is 0 Å². The van der Waals surface area contributed by atoms with Crippen LogP contribution in [0.15, 0.2) is 0 Å². The smallest absolute Gasteiger partial charge is 0.264 e. The first-order valence-corrected chi connectivity index (χ1v) is 5.88. The van der Waals surface area contributed by atoms with Crippen molar-refractivity contribution in [1.82, 2.24) is 0 Å². The van der Waals surface area contributed by atoms with Gasteiger partial charge in [0.2, 0.25) is 0 Å². The molecule has 6 heteroatoms. The third-order valence-electron chi connectivity index (χ3n) is 1.10. The molecule has 0 heterocycles. The number of hydrogen-bond acceptors (Lipinski definition) is 5. The summed E-state index contributed by atoms with van der Waals surface area (Å²) in [6.07, 6.45) is 1.01. The summed E-state index contributed by atoms with van der Waals surface area (Å²) in [5.74, 6) is 0. The number of rotatable bonds is 8. The molecule has 0 saturated heterocycles. The minimum absolute atomic E-state index is 0.0605. The van der Waals surface area contributed by atoms with Gasteiger partial charge in [0.1, 0.15) is 0 Å². The van der Waals surface area contributed by atoms with Crippen LogP contribution in [-0.4, -0.2) is 47.7 Å². The summed E-state index contributed by atoms with van der Waals surface area (Å²) in [6.45, 7) is 3.86. The lowest BCUT2D eigenvalue weighted by molar-refractivity contribution is 0.0414. The molecule has 0 aromatic heterocycles. The van der Waals surface area contributed by atoms with Crippen molar-refractivity contribution in [2.24, 2.45) is 0 Å². The van der Waals surface area contributed by atoms with Crippen molar-refractivity contribution < 1.29 is 22.1 Å². The van der Waals surface area contributed by atoms with Gasteiger partial charge in [-0.1, -0.05) is 0 Å². The van der Waals surface area contributed by atoms with E-state index in [1.807, 2.05) is 6.92 Å². The number of ether oxygens (including phenoxy) is 2. The van der Waals surface area contributed by atoms with Crippen LogP contribution in [0.2, 0.25) is 0 Å². The molecule has 0 N–H and O–H groups in total. The van der Waals surface area contributed by atoms with Gasteiger partial charge < -0.3 is 9.47 Å². The SMILES string of the molecule is CCOCCOCCOS(C)(=O)=O. The maximum atomic E-state index is 10.5. The maximum absolute atomic E-state index is 10.5. The molecule has 0 radical (unpaired) electrons. The maximum Gasteiger partial charge on any atom is 0.264 e. The van der Waals surface area contributed by atoms with E-state index < -0.39 is 10.1 Å². The Kier molecular flexibility index (Phi) is 7.16. The molecular weight excluding hydrogens is 196 g/mol. The van der Waals surface area contributed by atoms with E-state index in [1.54, 1.807) is 0 Å². The zero-order valence-electron chi connectivity index (χ0n) is 7.99. The van der Waals surface area contributed by atoms with Gasteiger partial charge in [0.25, 0.3) is 10.1 Å². The second kappa shape index (κ2) is 7.25. The van der Waals surface area contributed by atoms with E-state index in [0.29, 0.717) is 19.8 Å². The number of hydrogen-bond donors (Lipinski definition) is 0. The Morgan fingerprint density at radius 1 is 1.00 bits per heavy atom. The van der Waals surface area contributed by atoms with Crippen LogP contribution in [-0.2, 0) is 23.8 Å². The molecule has 0 amide bonds. The average molecular weight is 212 g/mol. The fourth-order valence-corrected chi connectivity index (χ4v) is 0.979. The van der Waals surface area contributed by atoms with Crippen molar-refractivity contribution >= 4 is 10.1 Å². The van der Waals surface area contributed by atoms with Crippen molar-refractivity contribution in [3.05, 3.63) is 0 Å². The summed E-state index contributed by atoms with van der Waals surface area (Å²) in [5, 5.41) is 0. The molecule has 0 aliphatic rings. The van der Waals surface area contributed by atoms with Crippen LogP contribution in [0.3, 0.4) is 0 Å². The third-order valence-corrected chi connectivity index (χ3v) is 1.70. The van der Waals surface area contributed by atoms with Crippen LogP contribution in [0.4, 0.5) is 0 Å². The Bertz CT molecular complexity index is 199. The van der Waals surface area contributed by atoms with Crippen molar-refractivity contribution in [1.29, 1.82) is 0 Å². The molecule has 5 nitrogen and oxygen atoms in total. The summed E-state index contributed by atoms with van der Waals surface area (Å²) in [5.41, 5.74) is 0. The van der Waals surface area contributed by atoms with Crippen molar-refractivity contribution in [3.8, 4) is 0 Å². The largest absolute Gasteiger partial charge is 0.379 e. The lowest BCUT2D eigenvalue weighted by Gasteiger charge is -2.03. The molecule has 0 aliphatic carbocycles. The molecule has 80 valence electrons. The van der Waals surface area contributed by atoms with Crippen LogP contribution in [0.25, 0.3) is 0 Å². The normalized spacial score (nSPS) is 11.8. The van der Waals surface area contributed by atoms with Crippen LogP contribution >= 0.6 is 0 Å². The zero-order valence-corrected chi connectivity index (χ0v) is 8.80. The first-order valence-electron chi connectivity index (χ1n) is 4.06. The molecule has 0 unspecified atom stereocenters. The third kappa shape index (κ3) is 11.8. The molecule has 0 aromatic carbocycles. The first-order chi connectivity index (χ1) is 6.06. The molecule has 0 bridgehead atoms. The molecule has 0 spiro atoms. The van der Waals surface area contributed by atoms with E-state index in [4.69, 9.17) is 9.47 Å². The van der Waals surface area contributed by atoms with E-state index >= 15 is 0 Å². The molecule has 0 aromatic rings. The van der Waals surface area contributed by atoms with E-state index in [-0.39, 0.29) is 13.2 Å². The van der Waals surface area contributed by atoms with Crippen molar-refractivity contribution in [2.75, 3.05) is 39.3 Å². The second-order valence-corrected chi connectivity index (χ2v) is 3.98. The monoisotopic (exact) mass is 212 g/mol. The van der Waals surface area contributed by atoms with E-state index in [1.165, 1.54) is 0 Å². The quantitative estimate of drug-likeness (QED) is 0.419.